The average molecular weight is 455 g/mol. The lowest BCUT2D eigenvalue weighted by atomic mass is 9.98. The third kappa shape index (κ3) is 4.22. The predicted octanol–water partition coefficient (Wildman–Crippen LogP) is 5.29. The summed E-state index contributed by atoms with van der Waals surface area (Å²) in [5.74, 6) is 1.21. The highest BCUT2D eigenvalue weighted by molar-refractivity contribution is 6.42. The topological polar surface area (TPSA) is 59.6 Å². The lowest BCUT2D eigenvalue weighted by Crippen LogP contribution is -2.31. The number of carbonyl (C=O) groups excluding carboxylic acids is 1. The number of hydrogen-bond donors (Lipinski definition) is 2. The van der Waals surface area contributed by atoms with Crippen molar-refractivity contribution in [1.29, 1.82) is 0 Å². The highest BCUT2D eigenvalue weighted by Gasteiger charge is 2.30. The SMILES string of the molecule is O=C1Nc2cc3c(cc2O[C@H]1c1ccc(OCc2ccc(Cl)c(Cl)c2)cc1)CNCC3. The number of nitrogens with one attached hydrogen (secondary N) is 2. The second-order valence-corrected chi connectivity index (χ2v) is 8.45. The van der Waals surface area contributed by atoms with Gasteiger partial charge in [-0.2, -0.15) is 0 Å². The smallest absolute Gasteiger partial charge is 0.270 e. The van der Waals surface area contributed by atoms with Gasteiger partial charge in [-0.1, -0.05) is 41.4 Å². The Labute approximate surface area is 190 Å². The van der Waals surface area contributed by atoms with Gasteiger partial charge in [0.25, 0.3) is 5.91 Å². The Morgan fingerprint density at radius 2 is 1.84 bits per heavy atom. The van der Waals surface area contributed by atoms with Gasteiger partial charge in [-0.3, -0.25) is 4.79 Å². The van der Waals surface area contributed by atoms with Crippen LogP contribution < -0.4 is 20.1 Å². The van der Waals surface area contributed by atoms with Gasteiger partial charge in [-0.15, -0.1) is 0 Å². The number of anilines is 1. The lowest BCUT2D eigenvalue weighted by Gasteiger charge is -2.28. The highest BCUT2D eigenvalue weighted by atomic mass is 35.5. The molecule has 0 radical (unpaired) electrons. The van der Waals surface area contributed by atoms with Crippen LogP contribution in [0.25, 0.3) is 0 Å². The summed E-state index contributed by atoms with van der Waals surface area (Å²) in [7, 11) is 0. The highest BCUT2D eigenvalue weighted by Crippen LogP contribution is 2.38. The van der Waals surface area contributed by atoms with Crippen LogP contribution in [0, 0.1) is 0 Å². The van der Waals surface area contributed by atoms with Crippen molar-refractivity contribution in [1.82, 2.24) is 5.32 Å². The first-order valence-corrected chi connectivity index (χ1v) is 10.8. The van der Waals surface area contributed by atoms with Crippen LogP contribution in [-0.2, 0) is 24.4 Å². The van der Waals surface area contributed by atoms with E-state index >= 15 is 0 Å². The molecule has 2 heterocycles. The van der Waals surface area contributed by atoms with Crippen molar-refractivity contribution >= 4 is 34.8 Å². The quantitative estimate of drug-likeness (QED) is 0.562. The first-order valence-electron chi connectivity index (χ1n) is 10.1. The monoisotopic (exact) mass is 454 g/mol. The van der Waals surface area contributed by atoms with Crippen molar-refractivity contribution in [3.63, 3.8) is 0 Å². The molecule has 1 atom stereocenters. The zero-order valence-electron chi connectivity index (χ0n) is 16.6. The molecule has 2 N–H and O–H groups in total. The van der Waals surface area contributed by atoms with Crippen LogP contribution in [0.1, 0.15) is 28.4 Å². The summed E-state index contributed by atoms with van der Waals surface area (Å²) in [4.78, 5) is 12.7. The van der Waals surface area contributed by atoms with Crippen molar-refractivity contribution in [2.75, 3.05) is 11.9 Å². The van der Waals surface area contributed by atoms with E-state index in [4.69, 9.17) is 32.7 Å². The van der Waals surface area contributed by atoms with Crippen molar-refractivity contribution in [2.45, 2.75) is 25.7 Å². The van der Waals surface area contributed by atoms with Crippen molar-refractivity contribution in [3.05, 3.63) is 86.9 Å². The van der Waals surface area contributed by atoms with Gasteiger partial charge in [0.15, 0.2) is 0 Å². The van der Waals surface area contributed by atoms with Gasteiger partial charge in [0.2, 0.25) is 6.10 Å². The number of rotatable bonds is 4. The van der Waals surface area contributed by atoms with E-state index in [1.54, 1.807) is 12.1 Å². The minimum Gasteiger partial charge on any atom is -0.489 e. The number of fused-ring (bicyclic) bond motifs is 2. The maximum atomic E-state index is 12.7. The van der Waals surface area contributed by atoms with Gasteiger partial charge in [-0.25, -0.2) is 0 Å². The summed E-state index contributed by atoms with van der Waals surface area (Å²) in [5.41, 5.74) is 4.89. The molecule has 0 bridgehead atoms. The van der Waals surface area contributed by atoms with E-state index in [0.29, 0.717) is 28.2 Å². The molecular weight excluding hydrogens is 435 g/mol. The summed E-state index contributed by atoms with van der Waals surface area (Å²) in [6.45, 7) is 2.13. The minimum absolute atomic E-state index is 0.175. The van der Waals surface area contributed by atoms with Gasteiger partial charge >= 0.3 is 0 Å². The molecule has 2 aliphatic rings. The molecule has 0 aromatic heterocycles. The summed E-state index contributed by atoms with van der Waals surface area (Å²) in [6.07, 6.45) is 0.247. The molecule has 5 nitrogen and oxygen atoms in total. The van der Waals surface area contributed by atoms with Crippen molar-refractivity contribution in [2.24, 2.45) is 0 Å². The van der Waals surface area contributed by atoms with E-state index in [1.807, 2.05) is 42.5 Å². The predicted molar refractivity (Wildman–Crippen MR) is 121 cm³/mol. The molecule has 7 heteroatoms. The number of amides is 1. The molecule has 5 rings (SSSR count). The molecule has 1 amide bonds. The van der Waals surface area contributed by atoms with E-state index in [0.717, 1.165) is 36.3 Å². The van der Waals surface area contributed by atoms with E-state index in [-0.39, 0.29) is 5.91 Å². The van der Waals surface area contributed by atoms with Gasteiger partial charge in [0, 0.05) is 12.1 Å². The van der Waals surface area contributed by atoms with Crippen molar-refractivity contribution in [3.8, 4) is 11.5 Å². The van der Waals surface area contributed by atoms with Crippen LogP contribution in [0.3, 0.4) is 0 Å². The van der Waals surface area contributed by atoms with Crippen LogP contribution in [0.4, 0.5) is 5.69 Å². The molecule has 31 heavy (non-hydrogen) atoms. The summed E-state index contributed by atoms with van der Waals surface area (Å²) < 4.78 is 11.9. The Morgan fingerprint density at radius 3 is 2.65 bits per heavy atom. The molecule has 158 valence electrons. The second-order valence-electron chi connectivity index (χ2n) is 7.64. The summed E-state index contributed by atoms with van der Waals surface area (Å²) in [6, 6.07) is 16.8. The van der Waals surface area contributed by atoms with Gasteiger partial charge in [0.1, 0.15) is 18.1 Å². The average Bonchev–Trinajstić information content (AvgIpc) is 2.78. The Balaban J connectivity index is 1.29. The number of carbonyl (C=O) groups is 1. The Hall–Kier alpha value is -2.73. The van der Waals surface area contributed by atoms with E-state index < -0.39 is 6.10 Å². The van der Waals surface area contributed by atoms with Gasteiger partial charge < -0.3 is 20.1 Å². The number of halogens is 2. The lowest BCUT2D eigenvalue weighted by molar-refractivity contribution is -0.123. The number of benzene rings is 3. The molecule has 0 unspecified atom stereocenters. The first kappa shape index (κ1) is 20.2. The second kappa shape index (κ2) is 8.42. The van der Waals surface area contributed by atoms with E-state index in [9.17, 15) is 4.79 Å². The van der Waals surface area contributed by atoms with Crippen LogP contribution in [0.2, 0.25) is 10.0 Å². The molecule has 3 aromatic rings. The van der Waals surface area contributed by atoms with Crippen LogP contribution >= 0.6 is 23.2 Å². The van der Waals surface area contributed by atoms with E-state index in [2.05, 4.69) is 10.6 Å². The maximum Gasteiger partial charge on any atom is 0.270 e. The Morgan fingerprint density at radius 1 is 1.00 bits per heavy atom. The first-order chi connectivity index (χ1) is 15.1. The third-order valence-corrected chi connectivity index (χ3v) is 6.24. The zero-order valence-corrected chi connectivity index (χ0v) is 18.1. The fourth-order valence-electron chi connectivity index (χ4n) is 3.84. The zero-order chi connectivity index (χ0) is 21.4. The molecule has 2 aliphatic heterocycles. The van der Waals surface area contributed by atoms with Crippen molar-refractivity contribution < 1.29 is 14.3 Å². The molecule has 0 saturated carbocycles. The minimum atomic E-state index is -0.703. The van der Waals surface area contributed by atoms with E-state index in [1.165, 1.54) is 11.1 Å². The fraction of sp³-hybridized carbons (Fsp3) is 0.208. The molecular formula is C24H20Cl2N2O3. The third-order valence-electron chi connectivity index (χ3n) is 5.50. The Bertz CT molecular complexity index is 1150. The van der Waals surface area contributed by atoms with Crippen LogP contribution in [-0.4, -0.2) is 12.5 Å². The standard InChI is InChI=1S/C24H20Cl2N2O3/c25-19-6-1-14(9-20(19)26)13-30-18-4-2-15(3-5-18)23-24(29)28-21-10-16-7-8-27-12-17(16)11-22(21)31-23/h1-6,9-11,23,27H,7-8,12-13H2,(H,28,29)/t23-/m0/s1. The summed E-state index contributed by atoms with van der Waals surface area (Å²) in [5, 5.41) is 7.36. The fourth-order valence-corrected chi connectivity index (χ4v) is 4.16. The Kier molecular flexibility index (Phi) is 5.48. The molecule has 0 saturated heterocycles. The molecule has 0 fully saturated rings. The van der Waals surface area contributed by atoms with Crippen LogP contribution in [0.15, 0.2) is 54.6 Å². The largest absolute Gasteiger partial charge is 0.489 e. The maximum absolute atomic E-state index is 12.7. The summed E-state index contributed by atoms with van der Waals surface area (Å²) >= 11 is 12.0. The normalized spacial score (nSPS) is 17.2. The van der Waals surface area contributed by atoms with Gasteiger partial charge in [-0.05, 0) is 66.1 Å². The molecule has 0 spiro atoms. The van der Waals surface area contributed by atoms with Crippen LogP contribution in [0.5, 0.6) is 11.5 Å². The number of ether oxygens (including phenoxy) is 2. The molecule has 0 aliphatic carbocycles. The number of hydrogen-bond acceptors (Lipinski definition) is 4. The molecule has 3 aromatic carbocycles. The van der Waals surface area contributed by atoms with Gasteiger partial charge in [0.05, 0.1) is 15.7 Å².